The Hall–Kier alpha value is -2.56. The van der Waals surface area contributed by atoms with E-state index < -0.39 is 0 Å². The molecule has 23 heavy (non-hydrogen) atoms. The molecule has 2 heterocycles. The van der Waals surface area contributed by atoms with E-state index in [0.29, 0.717) is 5.92 Å². The molecule has 1 aliphatic rings. The lowest BCUT2D eigenvalue weighted by Crippen LogP contribution is -2.19. The Morgan fingerprint density at radius 2 is 2.13 bits per heavy atom. The van der Waals surface area contributed by atoms with E-state index in [0.717, 1.165) is 29.2 Å². The number of rotatable bonds is 5. The van der Waals surface area contributed by atoms with Gasteiger partial charge in [0.05, 0.1) is 12.8 Å². The molecule has 1 aliphatic carbocycles. The summed E-state index contributed by atoms with van der Waals surface area (Å²) in [6, 6.07) is 10.3. The number of aromatic nitrogens is 3. The molecule has 1 saturated carbocycles. The van der Waals surface area contributed by atoms with Gasteiger partial charge in [-0.3, -0.25) is 0 Å². The highest BCUT2D eigenvalue weighted by molar-refractivity contribution is 5.69. The van der Waals surface area contributed by atoms with Gasteiger partial charge in [-0.25, -0.2) is 9.50 Å². The summed E-state index contributed by atoms with van der Waals surface area (Å²) in [5.74, 6) is 2.48. The molecule has 1 fully saturated rings. The number of hydrogen-bond acceptors (Lipinski definition) is 4. The summed E-state index contributed by atoms with van der Waals surface area (Å²) >= 11 is 0. The molecule has 0 atom stereocenters. The van der Waals surface area contributed by atoms with Crippen LogP contribution >= 0.6 is 0 Å². The topological polar surface area (TPSA) is 42.7 Å². The fourth-order valence-corrected chi connectivity index (χ4v) is 2.96. The number of ether oxygens (including phenoxy) is 1. The molecule has 0 unspecified atom stereocenters. The molecule has 4 rings (SSSR count). The molecule has 5 nitrogen and oxygen atoms in total. The van der Waals surface area contributed by atoms with Crippen molar-refractivity contribution in [3.8, 4) is 5.75 Å². The van der Waals surface area contributed by atoms with Gasteiger partial charge in [-0.05, 0) is 25.0 Å². The molecule has 0 amide bonds. The summed E-state index contributed by atoms with van der Waals surface area (Å²) in [5.41, 5.74) is 3.39. The standard InChI is InChI=1S/C18H20N4O/c1-21(12-14-5-3-4-6-17(14)23-2)18-16-11-15(13-7-8-13)20-22(16)10-9-19-18/h3-6,9-11,13H,7-8,12H2,1-2H3. The van der Waals surface area contributed by atoms with E-state index in [-0.39, 0.29) is 0 Å². The van der Waals surface area contributed by atoms with Gasteiger partial charge in [0.25, 0.3) is 0 Å². The molecule has 1 aromatic carbocycles. The second-order valence-corrected chi connectivity index (χ2v) is 6.09. The van der Waals surface area contributed by atoms with Crippen LogP contribution in [0, 0.1) is 0 Å². The highest BCUT2D eigenvalue weighted by atomic mass is 16.5. The Morgan fingerprint density at radius 3 is 2.91 bits per heavy atom. The second kappa shape index (κ2) is 5.57. The number of hydrogen-bond donors (Lipinski definition) is 0. The van der Waals surface area contributed by atoms with Gasteiger partial charge in [0.1, 0.15) is 11.3 Å². The fraction of sp³-hybridized carbons (Fsp3) is 0.333. The third-order valence-electron chi connectivity index (χ3n) is 4.35. The minimum atomic E-state index is 0.641. The molecular weight excluding hydrogens is 288 g/mol. The first-order chi connectivity index (χ1) is 11.3. The first kappa shape index (κ1) is 14.1. The summed E-state index contributed by atoms with van der Waals surface area (Å²) in [6.45, 7) is 0.737. The zero-order chi connectivity index (χ0) is 15.8. The van der Waals surface area contributed by atoms with Crippen molar-refractivity contribution in [3.63, 3.8) is 0 Å². The molecule has 0 saturated heterocycles. The molecule has 0 N–H and O–H groups in total. The third kappa shape index (κ3) is 2.63. The van der Waals surface area contributed by atoms with Crippen molar-refractivity contribution in [2.75, 3.05) is 19.1 Å². The third-order valence-corrected chi connectivity index (χ3v) is 4.35. The highest BCUT2D eigenvalue weighted by Crippen LogP contribution is 2.40. The average molecular weight is 308 g/mol. The van der Waals surface area contributed by atoms with Crippen LogP contribution in [0.25, 0.3) is 5.52 Å². The monoisotopic (exact) mass is 308 g/mol. The van der Waals surface area contributed by atoms with Gasteiger partial charge in [0, 0.05) is 37.5 Å². The van der Waals surface area contributed by atoms with Crippen LogP contribution < -0.4 is 9.64 Å². The first-order valence-electron chi connectivity index (χ1n) is 7.93. The highest BCUT2D eigenvalue weighted by Gasteiger charge is 2.27. The van der Waals surface area contributed by atoms with E-state index in [9.17, 15) is 0 Å². The first-order valence-corrected chi connectivity index (χ1v) is 7.93. The van der Waals surface area contributed by atoms with Crippen LogP contribution in [-0.4, -0.2) is 28.8 Å². The number of nitrogens with zero attached hydrogens (tertiary/aromatic N) is 4. The number of benzene rings is 1. The Morgan fingerprint density at radius 1 is 1.30 bits per heavy atom. The van der Waals surface area contributed by atoms with Crippen molar-refractivity contribution in [3.05, 3.63) is 54.0 Å². The lowest BCUT2D eigenvalue weighted by atomic mass is 10.2. The predicted molar refractivity (Wildman–Crippen MR) is 90.1 cm³/mol. The van der Waals surface area contributed by atoms with Crippen LogP contribution in [0.1, 0.15) is 30.0 Å². The molecular formula is C18H20N4O. The number of fused-ring (bicyclic) bond motifs is 1. The average Bonchev–Trinajstić information content (AvgIpc) is 3.33. The largest absolute Gasteiger partial charge is 0.496 e. The van der Waals surface area contributed by atoms with Gasteiger partial charge in [-0.15, -0.1) is 0 Å². The summed E-state index contributed by atoms with van der Waals surface area (Å²) in [7, 11) is 3.76. The predicted octanol–water partition coefficient (Wildman–Crippen LogP) is 3.25. The maximum atomic E-state index is 5.45. The van der Waals surface area contributed by atoms with Crippen molar-refractivity contribution in [2.24, 2.45) is 0 Å². The smallest absolute Gasteiger partial charge is 0.154 e. The Labute approximate surface area is 135 Å². The van der Waals surface area contributed by atoms with Crippen LogP contribution in [0.5, 0.6) is 5.75 Å². The number of anilines is 1. The minimum Gasteiger partial charge on any atom is -0.496 e. The second-order valence-electron chi connectivity index (χ2n) is 6.09. The lowest BCUT2D eigenvalue weighted by Gasteiger charge is -2.20. The van der Waals surface area contributed by atoms with E-state index >= 15 is 0 Å². The van der Waals surface area contributed by atoms with Crippen LogP contribution in [-0.2, 0) is 6.54 Å². The van der Waals surface area contributed by atoms with Gasteiger partial charge in [0.15, 0.2) is 5.82 Å². The van der Waals surface area contributed by atoms with E-state index in [2.05, 4.69) is 34.2 Å². The Bertz CT molecular complexity index is 838. The summed E-state index contributed by atoms with van der Waals surface area (Å²) in [6.07, 6.45) is 6.24. The molecule has 0 spiro atoms. The van der Waals surface area contributed by atoms with Crippen molar-refractivity contribution in [2.45, 2.75) is 25.3 Å². The van der Waals surface area contributed by atoms with Crippen LogP contribution in [0.2, 0.25) is 0 Å². The molecule has 3 aromatic rings. The van der Waals surface area contributed by atoms with Gasteiger partial charge in [-0.1, -0.05) is 18.2 Å². The molecule has 0 aliphatic heterocycles. The van der Waals surface area contributed by atoms with E-state index in [4.69, 9.17) is 4.74 Å². The zero-order valence-corrected chi connectivity index (χ0v) is 13.4. The van der Waals surface area contributed by atoms with Gasteiger partial charge in [0.2, 0.25) is 0 Å². The van der Waals surface area contributed by atoms with Crippen molar-refractivity contribution >= 4 is 11.3 Å². The molecule has 118 valence electrons. The van der Waals surface area contributed by atoms with Crippen molar-refractivity contribution < 1.29 is 4.74 Å². The van der Waals surface area contributed by atoms with Crippen molar-refractivity contribution in [1.82, 2.24) is 14.6 Å². The van der Waals surface area contributed by atoms with Crippen molar-refractivity contribution in [1.29, 1.82) is 0 Å². The maximum Gasteiger partial charge on any atom is 0.154 e. The normalized spacial score (nSPS) is 14.2. The minimum absolute atomic E-state index is 0.641. The fourth-order valence-electron chi connectivity index (χ4n) is 2.96. The number of methoxy groups -OCH3 is 1. The number of para-hydroxylation sites is 1. The summed E-state index contributed by atoms with van der Waals surface area (Å²) in [5, 5.41) is 4.68. The lowest BCUT2D eigenvalue weighted by molar-refractivity contribution is 0.409. The van der Waals surface area contributed by atoms with Gasteiger partial charge >= 0.3 is 0 Å². The Balaban J connectivity index is 1.67. The SMILES string of the molecule is COc1ccccc1CN(C)c1nccn2nc(C3CC3)cc12. The van der Waals surface area contributed by atoms with Gasteiger partial charge < -0.3 is 9.64 Å². The van der Waals surface area contributed by atoms with Crippen LogP contribution in [0.4, 0.5) is 5.82 Å². The molecule has 0 bridgehead atoms. The molecule has 0 radical (unpaired) electrons. The maximum absolute atomic E-state index is 5.45. The quantitative estimate of drug-likeness (QED) is 0.725. The molecule has 2 aromatic heterocycles. The van der Waals surface area contributed by atoms with Crippen LogP contribution in [0.15, 0.2) is 42.7 Å². The van der Waals surface area contributed by atoms with Gasteiger partial charge in [-0.2, -0.15) is 5.10 Å². The van der Waals surface area contributed by atoms with E-state index in [1.807, 2.05) is 35.1 Å². The summed E-state index contributed by atoms with van der Waals surface area (Å²) < 4.78 is 7.39. The molecule has 5 heteroatoms. The van der Waals surface area contributed by atoms with Crippen LogP contribution in [0.3, 0.4) is 0 Å². The zero-order valence-electron chi connectivity index (χ0n) is 13.4. The Kier molecular flexibility index (Phi) is 3.41. The van der Waals surface area contributed by atoms with E-state index in [1.54, 1.807) is 7.11 Å². The van der Waals surface area contributed by atoms with E-state index in [1.165, 1.54) is 18.5 Å². The summed E-state index contributed by atoms with van der Waals surface area (Å²) in [4.78, 5) is 6.72.